The fourth-order valence-corrected chi connectivity index (χ4v) is 1.77. The predicted octanol–water partition coefficient (Wildman–Crippen LogP) is 3.11. The molecule has 0 heterocycles. The van der Waals surface area contributed by atoms with Crippen molar-refractivity contribution >= 4 is 29.2 Å². The van der Waals surface area contributed by atoms with E-state index in [0.717, 1.165) is 5.56 Å². The highest BCUT2D eigenvalue weighted by Crippen LogP contribution is 2.34. The normalized spacial score (nSPS) is 10.0. The Kier molecular flexibility index (Phi) is 4.90. The molecule has 1 aromatic rings. The summed E-state index contributed by atoms with van der Waals surface area (Å²) in [6.07, 6.45) is 0.772. The lowest BCUT2D eigenvalue weighted by Gasteiger charge is -2.08. The van der Waals surface area contributed by atoms with Crippen LogP contribution in [0.5, 0.6) is 5.75 Å². The SMILES string of the molecule is COC(=O)CCc1ccc(OC)c(Cl)c1Cl. The van der Waals surface area contributed by atoms with Gasteiger partial charge in [0, 0.05) is 6.42 Å². The van der Waals surface area contributed by atoms with Gasteiger partial charge >= 0.3 is 5.97 Å². The molecule has 0 amide bonds. The maximum atomic E-state index is 11.0. The molecule has 0 aliphatic rings. The predicted molar refractivity (Wildman–Crippen MR) is 63.4 cm³/mol. The lowest BCUT2D eigenvalue weighted by Crippen LogP contribution is -2.02. The average Bonchev–Trinajstić information content (AvgIpc) is 2.30. The quantitative estimate of drug-likeness (QED) is 0.783. The van der Waals surface area contributed by atoms with E-state index in [0.29, 0.717) is 22.2 Å². The highest BCUT2D eigenvalue weighted by atomic mass is 35.5. The molecule has 0 radical (unpaired) electrons. The lowest BCUT2D eigenvalue weighted by atomic mass is 10.1. The molecule has 0 fully saturated rings. The Balaban J connectivity index is 2.82. The molecule has 1 rings (SSSR count). The van der Waals surface area contributed by atoms with E-state index in [-0.39, 0.29) is 12.4 Å². The summed E-state index contributed by atoms with van der Waals surface area (Å²) in [6.45, 7) is 0. The Bertz CT molecular complexity index is 391. The minimum Gasteiger partial charge on any atom is -0.495 e. The van der Waals surface area contributed by atoms with Gasteiger partial charge in [-0.2, -0.15) is 0 Å². The van der Waals surface area contributed by atoms with E-state index in [1.54, 1.807) is 12.1 Å². The van der Waals surface area contributed by atoms with Crippen molar-refractivity contribution in [3.05, 3.63) is 27.7 Å². The molecule has 88 valence electrons. The summed E-state index contributed by atoms with van der Waals surface area (Å²) in [5.41, 5.74) is 0.804. The molecule has 0 N–H and O–H groups in total. The number of aryl methyl sites for hydroxylation is 1. The standard InChI is InChI=1S/C11H12Cl2O3/c1-15-8-5-3-7(10(12)11(8)13)4-6-9(14)16-2/h3,5H,4,6H2,1-2H3. The van der Waals surface area contributed by atoms with Crippen LogP contribution in [0.1, 0.15) is 12.0 Å². The molecule has 0 spiro atoms. The third-order valence-electron chi connectivity index (χ3n) is 2.17. The van der Waals surface area contributed by atoms with Crippen LogP contribution >= 0.6 is 23.2 Å². The van der Waals surface area contributed by atoms with Gasteiger partial charge in [0.15, 0.2) is 0 Å². The second kappa shape index (κ2) is 5.97. The Morgan fingerprint density at radius 2 is 1.94 bits per heavy atom. The monoisotopic (exact) mass is 262 g/mol. The van der Waals surface area contributed by atoms with Gasteiger partial charge in [0.05, 0.1) is 19.2 Å². The summed E-state index contributed by atoms with van der Waals surface area (Å²) in [6, 6.07) is 3.51. The fraction of sp³-hybridized carbons (Fsp3) is 0.364. The van der Waals surface area contributed by atoms with E-state index < -0.39 is 0 Å². The Labute approximate surface area is 104 Å². The number of rotatable bonds is 4. The van der Waals surface area contributed by atoms with Gasteiger partial charge < -0.3 is 9.47 Å². The molecule has 1 aromatic carbocycles. The van der Waals surface area contributed by atoms with Crippen molar-refractivity contribution < 1.29 is 14.3 Å². The number of carbonyl (C=O) groups excluding carboxylic acids is 1. The topological polar surface area (TPSA) is 35.5 Å². The summed E-state index contributed by atoms with van der Waals surface area (Å²) in [5, 5.41) is 0.788. The second-order valence-corrected chi connectivity index (χ2v) is 3.89. The van der Waals surface area contributed by atoms with Gasteiger partial charge in [-0.05, 0) is 18.1 Å². The first-order valence-corrected chi connectivity index (χ1v) is 5.43. The zero-order valence-electron chi connectivity index (χ0n) is 9.05. The van der Waals surface area contributed by atoms with Crippen LogP contribution in [0.4, 0.5) is 0 Å². The van der Waals surface area contributed by atoms with E-state index in [4.69, 9.17) is 27.9 Å². The van der Waals surface area contributed by atoms with Gasteiger partial charge in [-0.15, -0.1) is 0 Å². The molecule has 0 bridgehead atoms. The van der Waals surface area contributed by atoms with Crippen molar-refractivity contribution in [3.8, 4) is 5.75 Å². The first-order chi connectivity index (χ1) is 7.60. The van der Waals surface area contributed by atoms with Crippen molar-refractivity contribution in [2.24, 2.45) is 0 Å². The molecule has 0 aromatic heterocycles. The van der Waals surface area contributed by atoms with Crippen LogP contribution in [0.15, 0.2) is 12.1 Å². The lowest BCUT2D eigenvalue weighted by molar-refractivity contribution is -0.140. The zero-order valence-corrected chi connectivity index (χ0v) is 10.6. The molecule has 5 heteroatoms. The van der Waals surface area contributed by atoms with Gasteiger partial charge in [-0.1, -0.05) is 29.3 Å². The number of halogens is 2. The minimum absolute atomic E-state index is 0.275. The number of carbonyl (C=O) groups is 1. The van der Waals surface area contributed by atoms with Crippen molar-refractivity contribution in [1.29, 1.82) is 0 Å². The van der Waals surface area contributed by atoms with Crippen LogP contribution in [0.2, 0.25) is 10.0 Å². The van der Waals surface area contributed by atoms with Crippen LogP contribution < -0.4 is 4.74 Å². The molecule has 0 saturated carbocycles. The molecular formula is C11H12Cl2O3. The number of hydrogen-bond donors (Lipinski definition) is 0. The maximum absolute atomic E-state index is 11.0. The first-order valence-electron chi connectivity index (χ1n) is 4.67. The van der Waals surface area contributed by atoms with E-state index in [1.165, 1.54) is 14.2 Å². The summed E-state index contributed by atoms with van der Waals surface area (Å²) < 4.78 is 9.57. The molecule has 0 unspecified atom stereocenters. The summed E-state index contributed by atoms with van der Waals surface area (Å²) in [5.74, 6) is 0.247. The number of benzene rings is 1. The van der Waals surface area contributed by atoms with Gasteiger partial charge in [0.2, 0.25) is 0 Å². The van der Waals surface area contributed by atoms with Crippen molar-refractivity contribution in [2.45, 2.75) is 12.8 Å². The smallest absolute Gasteiger partial charge is 0.305 e. The van der Waals surface area contributed by atoms with Gasteiger partial charge in [-0.25, -0.2) is 0 Å². The average molecular weight is 263 g/mol. The third-order valence-corrected chi connectivity index (χ3v) is 3.08. The van der Waals surface area contributed by atoms with Gasteiger partial charge in [-0.3, -0.25) is 4.79 Å². The largest absolute Gasteiger partial charge is 0.495 e. The summed E-state index contributed by atoms with van der Waals surface area (Å²) in [4.78, 5) is 11.0. The van der Waals surface area contributed by atoms with E-state index in [1.807, 2.05) is 0 Å². The third kappa shape index (κ3) is 3.03. The molecule has 0 atom stereocenters. The Morgan fingerprint density at radius 1 is 1.25 bits per heavy atom. The van der Waals surface area contributed by atoms with E-state index in [2.05, 4.69) is 4.74 Å². The number of esters is 1. The fourth-order valence-electron chi connectivity index (χ4n) is 1.26. The van der Waals surface area contributed by atoms with Crippen molar-refractivity contribution in [1.82, 2.24) is 0 Å². The number of ether oxygens (including phenoxy) is 2. The Morgan fingerprint density at radius 3 is 2.50 bits per heavy atom. The zero-order chi connectivity index (χ0) is 12.1. The molecule has 0 aliphatic carbocycles. The van der Waals surface area contributed by atoms with Gasteiger partial charge in [0.1, 0.15) is 10.8 Å². The van der Waals surface area contributed by atoms with Crippen LogP contribution in [-0.4, -0.2) is 20.2 Å². The molecule has 0 saturated heterocycles. The Hall–Kier alpha value is -0.930. The molecular weight excluding hydrogens is 251 g/mol. The maximum Gasteiger partial charge on any atom is 0.305 e. The summed E-state index contributed by atoms with van der Waals surface area (Å²) >= 11 is 12.0. The summed E-state index contributed by atoms with van der Waals surface area (Å²) in [7, 11) is 2.87. The molecule has 0 aliphatic heterocycles. The van der Waals surface area contributed by atoms with Crippen LogP contribution in [0.25, 0.3) is 0 Å². The van der Waals surface area contributed by atoms with E-state index >= 15 is 0 Å². The minimum atomic E-state index is -0.275. The van der Waals surface area contributed by atoms with Gasteiger partial charge in [0.25, 0.3) is 0 Å². The van der Waals surface area contributed by atoms with Crippen LogP contribution in [0.3, 0.4) is 0 Å². The molecule has 3 nitrogen and oxygen atoms in total. The van der Waals surface area contributed by atoms with Crippen molar-refractivity contribution in [3.63, 3.8) is 0 Å². The van der Waals surface area contributed by atoms with E-state index in [9.17, 15) is 4.79 Å². The molecule has 16 heavy (non-hydrogen) atoms. The van der Waals surface area contributed by atoms with Crippen LogP contribution in [-0.2, 0) is 16.0 Å². The highest BCUT2D eigenvalue weighted by Gasteiger charge is 2.11. The number of methoxy groups -OCH3 is 2. The van der Waals surface area contributed by atoms with Crippen molar-refractivity contribution in [2.75, 3.05) is 14.2 Å². The first kappa shape index (κ1) is 13.1. The van der Waals surface area contributed by atoms with Crippen LogP contribution in [0, 0.1) is 0 Å². The second-order valence-electron chi connectivity index (χ2n) is 3.13. The number of hydrogen-bond acceptors (Lipinski definition) is 3. The highest BCUT2D eigenvalue weighted by molar-refractivity contribution is 6.43.